The van der Waals surface area contributed by atoms with Crippen LogP contribution < -0.4 is 10.1 Å². The Morgan fingerprint density at radius 3 is 3.06 bits per heavy atom. The van der Waals surface area contributed by atoms with E-state index in [0.717, 1.165) is 30.9 Å². The average Bonchev–Trinajstić information content (AvgIpc) is 2.91. The molecule has 90 valence electrons. The molecule has 2 unspecified atom stereocenters. The highest BCUT2D eigenvalue weighted by Gasteiger charge is 2.30. The van der Waals surface area contributed by atoms with Crippen LogP contribution >= 0.6 is 0 Å². The summed E-state index contributed by atoms with van der Waals surface area (Å²) in [4.78, 5) is 0. The van der Waals surface area contributed by atoms with Crippen LogP contribution in [-0.4, -0.2) is 36.6 Å². The van der Waals surface area contributed by atoms with E-state index >= 15 is 0 Å². The van der Waals surface area contributed by atoms with Crippen molar-refractivity contribution >= 4 is 0 Å². The molecule has 2 rings (SSSR count). The van der Waals surface area contributed by atoms with E-state index < -0.39 is 0 Å². The van der Waals surface area contributed by atoms with Crippen molar-refractivity contribution in [3.63, 3.8) is 0 Å². The highest BCUT2D eigenvalue weighted by atomic mass is 16.5. The Labute approximate surface area is 95.7 Å². The molecule has 5 nitrogen and oxygen atoms in total. The van der Waals surface area contributed by atoms with Gasteiger partial charge >= 0.3 is 0 Å². The summed E-state index contributed by atoms with van der Waals surface area (Å²) in [6.07, 6.45) is 4.17. The van der Waals surface area contributed by atoms with Crippen molar-refractivity contribution in [3.05, 3.63) is 11.9 Å². The number of rotatable bonds is 4. The van der Waals surface area contributed by atoms with Gasteiger partial charge in [0.05, 0.1) is 31.1 Å². The summed E-state index contributed by atoms with van der Waals surface area (Å²) in [6, 6.07) is 0.143. The van der Waals surface area contributed by atoms with Gasteiger partial charge in [-0.2, -0.15) is 5.10 Å². The zero-order valence-corrected chi connectivity index (χ0v) is 10.1. The number of hydrogen-bond acceptors (Lipinski definition) is 4. The van der Waals surface area contributed by atoms with Crippen molar-refractivity contribution in [1.29, 1.82) is 0 Å². The second kappa shape index (κ2) is 4.84. The molecule has 1 saturated heterocycles. The molecular weight excluding hydrogens is 206 g/mol. The van der Waals surface area contributed by atoms with Gasteiger partial charge in [-0.05, 0) is 19.9 Å². The van der Waals surface area contributed by atoms with E-state index in [-0.39, 0.29) is 12.1 Å². The van der Waals surface area contributed by atoms with Crippen LogP contribution in [0.4, 0.5) is 0 Å². The van der Waals surface area contributed by atoms with Gasteiger partial charge in [-0.25, -0.2) is 0 Å². The Bertz CT molecular complexity index is 345. The molecule has 0 aromatic carbocycles. The maximum atomic E-state index is 5.73. The van der Waals surface area contributed by atoms with Crippen LogP contribution in [-0.2, 0) is 11.8 Å². The fourth-order valence-corrected chi connectivity index (χ4v) is 2.30. The summed E-state index contributed by atoms with van der Waals surface area (Å²) in [6.45, 7) is 0.850. The lowest BCUT2D eigenvalue weighted by atomic mass is 10.0. The normalized spacial score (nSPS) is 22.3. The number of nitrogens with one attached hydrogen (secondary N) is 1. The molecule has 0 radical (unpaired) electrons. The van der Waals surface area contributed by atoms with Gasteiger partial charge in [0.2, 0.25) is 0 Å². The standard InChI is InChI=1S/C11H19N3O2/c1-12-10(8-5-4-6-16-8)11-9(15-3)7-13-14(11)2/h7-8,10,12H,4-6H2,1-3H3. The first-order valence-electron chi connectivity index (χ1n) is 5.62. The molecule has 1 aromatic rings. The highest BCUT2D eigenvalue weighted by molar-refractivity contribution is 5.29. The largest absolute Gasteiger partial charge is 0.493 e. The minimum atomic E-state index is 0.143. The smallest absolute Gasteiger partial charge is 0.161 e. The predicted octanol–water partition coefficient (Wildman–Crippen LogP) is 0.868. The van der Waals surface area contributed by atoms with E-state index in [9.17, 15) is 0 Å². The first kappa shape index (κ1) is 11.4. The van der Waals surface area contributed by atoms with Crippen LogP contribution in [0.2, 0.25) is 0 Å². The summed E-state index contributed by atoms with van der Waals surface area (Å²) in [7, 11) is 5.54. The van der Waals surface area contributed by atoms with Crippen LogP contribution in [0.25, 0.3) is 0 Å². The Kier molecular flexibility index (Phi) is 3.46. The molecule has 0 spiro atoms. The molecule has 1 aliphatic heterocycles. The number of hydrogen-bond donors (Lipinski definition) is 1. The number of aryl methyl sites for hydroxylation is 1. The second-order valence-corrected chi connectivity index (χ2v) is 4.04. The number of methoxy groups -OCH3 is 1. The van der Waals surface area contributed by atoms with Crippen molar-refractivity contribution in [2.75, 3.05) is 20.8 Å². The van der Waals surface area contributed by atoms with Crippen molar-refractivity contribution in [3.8, 4) is 5.75 Å². The molecule has 0 bridgehead atoms. The van der Waals surface area contributed by atoms with Crippen LogP contribution in [0.1, 0.15) is 24.6 Å². The second-order valence-electron chi connectivity index (χ2n) is 4.04. The van der Waals surface area contributed by atoms with Gasteiger partial charge in [0, 0.05) is 13.7 Å². The van der Waals surface area contributed by atoms with Gasteiger partial charge in [0.1, 0.15) is 0 Å². The van der Waals surface area contributed by atoms with Gasteiger partial charge in [-0.3, -0.25) is 4.68 Å². The maximum Gasteiger partial charge on any atom is 0.161 e. The molecule has 0 saturated carbocycles. The van der Waals surface area contributed by atoms with Gasteiger partial charge in [-0.15, -0.1) is 0 Å². The Morgan fingerprint density at radius 2 is 2.50 bits per heavy atom. The summed E-state index contributed by atoms with van der Waals surface area (Å²) < 4.78 is 12.9. The SMILES string of the molecule is CNC(c1c(OC)cnn1C)C1CCCO1. The summed E-state index contributed by atoms with van der Waals surface area (Å²) >= 11 is 0. The van der Waals surface area contributed by atoms with E-state index in [2.05, 4.69) is 10.4 Å². The predicted molar refractivity (Wildman–Crippen MR) is 60.5 cm³/mol. The van der Waals surface area contributed by atoms with Gasteiger partial charge < -0.3 is 14.8 Å². The first-order chi connectivity index (χ1) is 7.77. The zero-order valence-electron chi connectivity index (χ0n) is 10.1. The molecule has 1 aromatic heterocycles. The topological polar surface area (TPSA) is 48.3 Å². The lowest BCUT2D eigenvalue weighted by Crippen LogP contribution is -2.31. The van der Waals surface area contributed by atoms with Crippen LogP contribution in [0.3, 0.4) is 0 Å². The molecule has 2 atom stereocenters. The minimum absolute atomic E-state index is 0.143. The Morgan fingerprint density at radius 1 is 1.69 bits per heavy atom. The number of aromatic nitrogens is 2. The lowest BCUT2D eigenvalue weighted by Gasteiger charge is -2.23. The van der Waals surface area contributed by atoms with E-state index in [1.165, 1.54) is 0 Å². The molecule has 1 N–H and O–H groups in total. The van der Waals surface area contributed by atoms with Crippen molar-refractivity contribution in [1.82, 2.24) is 15.1 Å². The van der Waals surface area contributed by atoms with E-state index in [1.54, 1.807) is 13.3 Å². The number of likely N-dealkylation sites (N-methyl/N-ethyl adjacent to an activating group) is 1. The third-order valence-corrected chi connectivity index (χ3v) is 3.11. The minimum Gasteiger partial charge on any atom is -0.493 e. The zero-order chi connectivity index (χ0) is 11.5. The molecule has 0 amide bonds. The fraction of sp³-hybridized carbons (Fsp3) is 0.727. The van der Waals surface area contributed by atoms with Gasteiger partial charge in [-0.1, -0.05) is 0 Å². The van der Waals surface area contributed by atoms with Gasteiger partial charge in [0.15, 0.2) is 5.75 Å². The van der Waals surface area contributed by atoms with Crippen molar-refractivity contribution in [2.45, 2.75) is 25.0 Å². The third-order valence-electron chi connectivity index (χ3n) is 3.11. The third kappa shape index (κ3) is 1.92. The Balaban J connectivity index is 2.27. The maximum absolute atomic E-state index is 5.73. The van der Waals surface area contributed by atoms with E-state index in [4.69, 9.17) is 9.47 Å². The van der Waals surface area contributed by atoms with Crippen LogP contribution in [0.15, 0.2) is 6.20 Å². The monoisotopic (exact) mass is 225 g/mol. The summed E-state index contributed by atoms with van der Waals surface area (Å²) in [5.41, 5.74) is 1.05. The fourth-order valence-electron chi connectivity index (χ4n) is 2.30. The molecule has 2 heterocycles. The van der Waals surface area contributed by atoms with Crippen molar-refractivity contribution < 1.29 is 9.47 Å². The summed E-state index contributed by atoms with van der Waals surface area (Å²) in [5, 5.41) is 7.52. The number of nitrogens with zero attached hydrogens (tertiary/aromatic N) is 2. The lowest BCUT2D eigenvalue weighted by molar-refractivity contribution is 0.0774. The first-order valence-corrected chi connectivity index (χ1v) is 5.62. The quantitative estimate of drug-likeness (QED) is 0.826. The molecule has 1 aliphatic rings. The number of ether oxygens (including phenoxy) is 2. The van der Waals surface area contributed by atoms with Crippen LogP contribution in [0, 0.1) is 0 Å². The van der Waals surface area contributed by atoms with Gasteiger partial charge in [0.25, 0.3) is 0 Å². The van der Waals surface area contributed by atoms with E-state index in [0.29, 0.717) is 0 Å². The molecule has 1 fully saturated rings. The van der Waals surface area contributed by atoms with E-state index in [1.807, 2.05) is 18.8 Å². The Hall–Kier alpha value is -1.07. The summed E-state index contributed by atoms with van der Waals surface area (Å²) in [5.74, 6) is 0.817. The molecule has 5 heteroatoms. The molecular formula is C11H19N3O2. The highest BCUT2D eigenvalue weighted by Crippen LogP contribution is 2.31. The average molecular weight is 225 g/mol. The molecule has 0 aliphatic carbocycles. The molecule has 16 heavy (non-hydrogen) atoms. The van der Waals surface area contributed by atoms with Crippen molar-refractivity contribution in [2.24, 2.45) is 7.05 Å². The van der Waals surface area contributed by atoms with Crippen LogP contribution in [0.5, 0.6) is 5.75 Å².